The first-order chi connectivity index (χ1) is 7.49. The van der Waals surface area contributed by atoms with Gasteiger partial charge in [0.25, 0.3) is 0 Å². The Labute approximate surface area is 94.6 Å². The predicted octanol–water partition coefficient (Wildman–Crippen LogP) is 1.62. The number of sulfone groups is 1. The van der Waals surface area contributed by atoms with Crippen LogP contribution >= 0.6 is 0 Å². The number of benzene rings is 1. The summed E-state index contributed by atoms with van der Waals surface area (Å²) in [6.07, 6.45) is 2.08. The minimum atomic E-state index is -3.34. The molecule has 0 aliphatic heterocycles. The van der Waals surface area contributed by atoms with Crippen molar-refractivity contribution >= 4 is 9.84 Å². The van der Waals surface area contributed by atoms with Crippen LogP contribution in [0.1, 0.15) is 18.4 Å². The molecule has 1 fully saturated rings. The quantitative estimate of drug-likeness (QED) is 0.817. The van der Waals surface area contributed by atoms with Gasteiger partial charge in [-0.3, -0.25) is 0 Å². The van der Waals surface area contributed by atoms with Crippen molar-refractivity contribution in [3.05, 3.63) is 29.6 Å². The van der Waals surface area contributed by atoms with E-state index in [1.165, 1.54) is 18.2 Å². The van der Waals surface area contributed by atoms with Crippen LogP contribution in [0.4, 0.5) is 4.39 Å². The Kier molecular flexibility index (Phi) is 2.99. The molecule has 0 unspecified atom stereocenters. The van der Waals surface area contributed by atoms with Gasteiger partial charge in [0.1, 0.15) is 11.7 Å². The highest BCUT2D eigenvalue weighted by atomic mass is 32.2. The maximum Gasteiger partial charge on any atom is 0.191 e. The van der Waals surface area contributed by atoms with Crippen molar-refractivity contribution in [3.8, 4) is 0 Å². The largest absolute Gasteiger partial charge is 0.301 e. The summed E-state index contributed by atoms with van der Waals surface area (Å²) in [6.45, 7) is 1.60. The van der Waals surface area contributed by atoms with Gasteiger partial charge in [-0.15, -0.1) is 0 Å². The lowest BCUT2D eigenvalue weighted by Gasteiger charge is -2.08. The maximum atomic E-state index is 12.8. The third kappa shape index (κ3) is 2.59. The number of aryl methyl sites for hydroxylation is 1. The molecule has 1 aromatic carbocycles. The van der Waals surface area contributed by atoms with Crippen LogP contribution in [0.5, 0.6) is 0 Å². The van der Waals surface area contributed by atoms with E-state index >= 15 is 0 Å². The van der Waals surface area contributed by atoms with E-state index in [0.29, 0.717) is 11.6 Å². The van der Waals surface area contributed by atoms with E-state index < -0.39 is 15.7 Å². The van der Waals surface area contributed by atoms with Gasteiger partial charge in [-0.25, -0.2) is 12.8 Å². The topological polar surface area (TPSA) is 46.2 Å². The molecule has 1 aliphatic rings. The molecule has 5 heteroatoms. The SMILES string of the molecule is Cc1cc(F)ccc1S(=O)(=O)CNC1CC1. The lowest BCUT2D eigenvalue weighted by molar-refractivity contribution is 0.584. The average Bonchev–Trinajstić information content (AvgIpc) is 2.97. The molecule has 0 saturated heterocycles. The Balaban J connectivity index is 2.20. The fraction of sp³-hybridized carbons (Fsp3) is 0.455. The number of halogens is 1. The molecule has 1 N–H and O–H groups in total. The van der Waals surface area contributed by atoms with Crippen LogP contribution < -0.4 is 5.32 Å². The zero-order chi connectivity index (χ0) is 11.8. The predicted molar refractivity (Wildman–Crippen MR) is 59.3 cm³/mol. The van der Waals surface area contributed by atoms with E-state index in [4.69, 9.17) is 0 Å². The normalized spacial score (nSPS) is 16.4. The summed E-state index contributed by atoms with van der Waals surface area (Å²) in [6, 6.07) is 4.09. The molecule has 0 bridgehead atoms. The number of rotatable bonds is 4. The van der Waals surface area contributed by atoms with Gasteiger partial charge >= 0.3 is 0 Å². The van der Waals surface area contributed by atoms with Crippen molar-refractivity contribution < 1.29 is 12.8 Å². The molecule has 1 saturated carbocycles. The summed E-state index contributed by atoms with van der Waals surface area (Å²) in [5.74, 6) is -0.476. The van der Waals surface area contributed by atoms with Gasteiger partial charge in [0.15, 0.2) is 9.84 Å². The van der Waals surface area contributed by atoms with Crippen molar-refractivity contribution in [2.24, 2.45) is 0 Å². The summed E-state index contributed by atoms with van der Waals surface area (Å²) >= 11 is 0. The van der Waals surface area contributed by atoms with Crippen LogP contribution in [0.2, 0.25) is 0 Å². The second kappa shape index (κ2) is 4.14. The molecular weight excluding hydrogens is 229 g/mol. The molecule has 0 atom stereocenters. The van der Waals surface area contributed by atoms with Gasteiger partial charge in [-0.05, 0) is 43.5 Å². The van der Waals surface area contributed by atoms with Crippen molar-refractivity contribution in [2.75, 3.05) is 5.88 Å². The van der Waals surface area contributed by atoms with Gasteiger partial charge in [0.2, 0.25) is 0 Å². The lowest BCUT2D eigenvalue weighted by Crippen LogP contribution is -2.25. The lowest BCUT2D eigenvalue weighted by atomic mass is 10.2. The second-order valence-electron chi connectivity index (χ2n) is 4.15. The molecular formula is C11H14FNO2S. The van der Waals surface area contributed by atoms with Crippen molar-refractivity contribution in [1.82, 2.24) is 5.32 Å². The molecule has 88 valence electrons. The Morgan fingerprint density at radius 2 is 2.12 bits per heavy atom. The molecule has 2 rings (SSSR count). The molecule has 0 radical (unpaired) electrons. The summed E-state index contributed by atoms with van der Waals surface area (Å²) in [7, 11) is -3.34. The van der Waals surface area contributed by atoms with Gasteiger partial charge in [0, 0.05) is 6.04 Å². The molecule has 0 spiro atoms. The van der Waals surface area contributed by atoms with Crippen molar-refractivity contribution in [2.45, 2.75) is 30.7 Å². The zero-order valence-corrected chi connectivity index (χ0v) is 9.85. The Bertz CT molecular complexity index is 495. The molecule has 3 nitrogen and oxygen atoms in total. The third-order valence-corrected chi connectivity index (χ3v) is 4.29. The first-order valence-corrected chi connectivity index (χ1v) is 6.86. The molecule has 0 aromatic heterocycles. The smallest absolute Gasteiger partial charge is 0.191 e. The van der Waals surface area contributed by atoms with E-state index in [1.807, 2.05) is 0 Å². The first-order valence-electron chi connectivity index (χ1n) is 5.21. The van der Waals surface area contributed by atoms with E-state index in [0.717, 1.165) is 12.8 Å². The fourth-order valence-electron chi connectivity index (χ4n) is 1.55. The second-order valence-corrected chi connectivity index (χ2v) is 6.11. The maximum absolute atomic E-state index is 12.8. The van der Waals surface area contributed by atoms with E-state index in [9.17, 15) is 12.8 Å². The highest BCUT2D eigenvalue weighted by Crippen LogP contribution is 2.21. The molecule has 1 aromatic rings. The fourth-order valence-corrected chi connectivity index (χ4v) is 2.99. The molecule has 0 amide bonds. The third-order valence-electron chi connectivity index (χ3n) is 2.61. The Morgan fingerprint density at radius 3 is 2.69 bits per heavy atom. The van der Waals surface area contributed by atoms with Gasteiger partial charge < -0.3 is 5.32 Å². The van der Waals surface area contributed by atoms with Crippen LogP contribution in [-0.4, -0.2) is 20.3 Å². The van der Waals surface area contributed by atoms with Crippen LogP contribution in [0.3, 0.4) is 0 Å². The van der Waals surface area contributed by atoms with E-state index in [1.54, 1.807) is 6.92 Å². The van der Waals surface area contributed by atoms with E-state index in [2.05, 4.69) is 5.32 Å². The van der Waals surface area contributed by atoms with E-state index in [-0.39, 0.29) is 10.8 Å². The van der Waals surface area contributed by atoms with Crippen LogP contribution in [0, 0.1) is 12.7 Å². The number of nitrogens with one attached hydrogen (secondary N) is 1. The van der Waals surface area contributed by atoms with Crippen LogP contribution in [0.15, 0.2) is 23.1 Å². The van der Waals surface area contributed by atoms with Crippen LogP contribution in [-0.2, 0) is 9.84 Å². The van der Waals surface area contributed by atoms with Gasteiger partial charge in [-0.2, -0.15) is 0 Å². The Hall–Kier alpha value is -0.940. The zero-order valence-electron chi connectivity index (χ0n) is 9.03. The average molecular weight is 243 g/mol. The Morgan fingerprint density at radius 1 is 1.44 bits per heavy atom. The summed E-state index contributed by atoms with van der Waals surface area (Å²) in [4.78, 5) is 0.210. The molecule has 16 heavy (non-hydrogen) atoms. The first kappa shape index (κ1) is 11.5. The number of hydrogen-bond donors (Lipinski definition) is 1. The number of hydrogen-bond acceptors (Lipinski definition) is 3. The highest BCUT2D eigenvalue weighted by Gasteiger charge is 2.24. The molecule has 0 heterocycles. The minimum absolute atomic E-state index is 0.0653. The molecule has 1 aliphatic carbocycles. The summed E-state index contributed by atoms with van der Waals surface area (Å²) in [5.41, 5.74) is 0.456. The van der Waals surface area contributed by atoms with Crippen LogP contribution in [0.25, 0.3) is 0 Å². The standard InChI is InChI=1S/C11H14FNO2S/c1-8-6-9(12)2-5-11(8)16(14,15)7-13-10-3-4-10/h2,5-6,10,13H,3-4,7H2,1H3. The van der Waals surface area contributed by atoms with Crippen molar-refractivity contribution in [1.29, 1.82) is 0 Å². The van der Waals surface area contributed by atoms with Crippen molar-refractivity contribution in [3.63, 3.8) is 0 Å². The summed E-state index contributed by atoms with van der Waals surface area (Å²) < 4.78 is 36.7. The minimum Gasteiger partial charge on any atom is -0.301 e. The van der Waals surface area contributed by atoms with Gasteiger partial charge in [0.05, 0.1) is 4.90 Å². The summed E-state index contributed by atoms with van der Waals surface area (Å²) in [5, 5.41) is 2.96. The monoisotopic (exact) mass is 243 g/mol. The highest BCUT2D eigenvalue weighted by molar-refractivity contribution is 7.91. The van der Waals surface area contributed by atoms with Gasteiger partial charge in [-0.1, -0.05) is 0 Å².